The standard InChI is InChI=1S/C16H10Cl2N2O4/c17-11-4-1-8(5-12(11)18)7-20-14(21)10-3-2-9(15(22)23)6-13(10)19-16(20)24/h1-6H,7H2,(H,19,24)(H,22,23). The normalized spacial score (nSPS) is 10.9. The van der Waals surface area contributed by atoms with Crippen LogP contribution in [0.5, 0.6) is 0 Å². The Balaban J connectivity index is 2.13. The van der Waals surface area contributed by atoms with E-state index in [0.29, 0.717) is 15.6 Å². The molecule has 1 heterocycles. The van der Waals surface area contributed by atoms with Crippen molar-refractivity contribution in [2.24, 2.45) is 0 Å². The predicted octanol–water partition coefficient (Wildman–Crippen LogP) is 2.74. The van der Waals surface area contributed by atoms with Gasteiger partial charge in [-0.3, -0.25) is 9.36 Å². The molecule has 0 fully saturated rings. The number of carboxylic acid groups (broad SMARTS) is 1. The molecule has 3 rings (SSSR count). The Kier molecular flexibility index (Phi) is 4.17. The average Bonchev–Trinajstić information content (AvgIpc) is 2.54. The molecule has 8 heteroatoms. The summed E-state index contributed by atoms with van der Waals surface area (Å²) in [6, 6.07) is 8.77. The van der Waals surface area contributed by atoms with Crippen LogP contribution in [-0.4, -0.2) is 20.6 Å². The van der Waals surface area contributed by atoms with Crippen LogP contribution in [0.2, 0.25) is 10.0 Å². The van der Waals surface area contributed by atoms with Crippen LogP contribution >= 0.6 is 23.2 Å². The fourth-order valence-corrected chi connectivity index (χ4v) is 2.67. The van der Waals surface area contributed by atoms with E-state index in [1.807, 2.05) is 0 Å². The van der Waals surface area contributed by atoms with Gasteiger partial charge in [0.05, 0.1) is 33.1 Å². The van der Waals surface area contributed by atoms with E-state index in [1.54, 1.807) is 18.2 Å². The number of aromatic carboxylic acids is 1. The first kappa shape index (κ1) is 16.3. The molecule has 122 valence electrons. The summed E-state index contributed by atoms with van der Waals surface area (Å²) in [5.41, 5.74) is -0.355. The first-order valence-corrected chi connectivity index (χ1v) is 7.56. The lowest BCUT2D eigenvalue weighted by molar-refractivity contribution is 0.0697. The lowest BCUT2D eigenvalue weighted by Crippen LogP contribution is -2.35. The van der Waals surface area contributed by atoms with Gasteiger partial charge in [-0.15, -0.1) is 0 Å². The molecule has 0 atom stereocenters. The van der Waals surface area contributed by atoms with Gasteiger partial charge in [-0.25, -0.2) is 9.59 Å². The summed E-state index contributed by atoms with van der Waals surface area (Å²) in [6.07, 6.45) is 0. The van der Waals surface area contributed by atoms with E-state index in [2.05, 4.69) is 4.98 Å². The van der Waals surface area contributed by atoms with Gasteiger partial charge in [-0.2, -0.15) is 0 Å². The molecule has 24 heavy (non-hydrogen) atoms. The van der Waals surface area contributed by atoms with Gasteiger partial charge in [0.1, 0.15) is 0 Å². The van der Waals surface area contributed by atoms with E-state index in [0.717, 1.165) is 4.57 Å². The zero-order valence-electron chi connectivity index (χ0n) is 12.0. The number of nitrogens with zero attached hydrogens (tertiary/aromatic N) is 1. The topological polar surface area (TPSA) is 92.2 Å². The minimum absolute atomic E-state index is 0.0141. The molecule has 0 bridgehead atoms. The fourth-order valence-electron chi connectivity index (χ4n) is 2.35. The molecule has 0 spiro atoms. The number of fused-ring (bicyclic) bond motifs is 1. The van der Waals surface area contributed by atoms with Gasteiger partial charge in [0, 0.05) is 0 Å². The van der Waals surface area contributed by atoms with Crippen molar-refractivity contribution in [1.29, 1.82) is 0 Å². The van der Waals surface area contributed by atoms with Crippen molar-refractivity contribution in [3.05, 3.63) is 78.4 Å². The second-order valence-corrected chi connectivity index (χ2v) is 5.95. The average molecular weight is 365 g/mol. The number of hydrogen-bond acceptors (Lipinski definition) is 3. The number of nitrogens with one attached hydrogen (secondary N) is 1. The van der Waals surface area contributed by atoms with Crippen molar-refractivity contribution in [2.75, 3.05) is 0 Å². The Labute approximate surface area is 144 Å². The summed E-state index contributed by atoms with van der Waals surface area (Å²) in [7, 11) is 0. The van der Waals surface area contributed by atoms with Gasteiger partial charge < -0.3 is 10.1 Å². The summed E-state index contributed by atoms with van der Waals surface area (Å²) >= 11 is 11.8. The number of H-pyrrole nitrogens is 1. The highest BCUT2D eigenvalue weighted by atomic mass is 35.5. The summed E-state index contributed by atoms with van der Waals surface area (Å²) in [4.78, 5) is 38.2. The second kappa shape index (κ2) is 6.14. The third kappa shape index (κ3) is 2.93. The molecular weight excluding hydrogens is 355 g/mol. The molecule has 0 aliphatic heterocycles. The minimum Gasteiger partial charge on any atom is -0.478 e. The number of aromatic nitrogens is 2. The van der Waals surface area contributed by atoms with Crippen molar-refractivity contribution >= 4 is 40.1 Å². The minimum atomic E-state index is -1.14. The summed E-state index contributed by atoms with van der Waals surface area (Å²) in [5.74, 6) is -1.14. The van der Waals surface area contributed by atoms with Crippen LogP contribution in [0.4, 0.5) is 0 Å². The molecule has 2 N–H and O–H groups in total. The van der Waals surface area contributed by atoms with Crippen LogP contribution in [0.25, 0.3) is 10.9 Å². The zero-order chi connectivity index (χ0) is 17.4. The molecule has 0 aliphatic carbocycles. The third-order valence-corrected chi connectivity index (χ3v) is 4.29. The van der Waals surface area contributed by atoms with Crippen LogP contribution < -0.4 is 11.2 Å². The Morgan fingerprint density at radius 3 is 2.50 bits per heavy atom. The molecule has 1 aromatic heterocycles. The van der Waals surface area contributed by atoms with E-state index >= 15 is 0 Å². The third-order valence-electron chi connectivity index (χ3n) is 3.55. The maximum atomic E-state index is 12.5. The molecule has 6 nitrogen and oxygen atoms in total. The number of aromatic amines is 1. The van der Waals surface area contributed by atoms with Gasteiger partial charge in [-0.1, -0.05) is 29.3 Å². The van der Waals surface area contributed by atoms with Crippen molar-refractivity contribution in [3.63, 3.8) is 0 Å². The number of rotatable bonds is 3. The Bertz CT molecular complexity index is 1090. The van der Waals surface area contributed by atoms with Crippen LogP contribution in [-0.2, 0) is 6.54 Å². The van der Waals surface area contributed by atoms with Crippen LogP contribution in [0.1, 0.15) is 15.9 Å². The van der Waals surface area contributed by atoms with E-state index in [-0.39, 0.29) is 23.0 Å². The Hall–Kier alpha value is -2.57. The molecule has 0 unspecified atom stereocenters. The largest absolute Gasteiger partial charge is 0.478 e. The molecule has 2 aromatic carbocycles. The van der Waals surface area contributed by atoms with Crippen LogP contribution in [0.15, 0.2) is 46.0 Å². The lowest BCUT2D eigenvalue weighted by Gasteiger charge is -2.08. The van der Waals surface area contributed by atoms with E-state index in [1.165, 1.54) is 18.2 Å². The Morgan fingerprint density at radius 2 is 1.83 bits per heavy atom. The molecule has 0 amide bonds. The molecular formula is C16H10Cl2N2O4. The number of carbonyl (C=O) groups is 1. The van der Waals surface area contributed by atoms with E-state index < -0.39 is 17.2 Å². The summed E-state index contributed by atoms with van der Waals surface area (Å²) in [5, 5.41) is 9.90. The highest BCUT2D eigenvalue weighted by molar-refractivity contribution is 6.42. The zero-order valence-corrected chi connectivity index (χ0v) is 13.6. The second-order valence-electron chi connectivity index (χ2n) is 5.14. The van der Waals surface area contributed by atoms with Crippen LogP contribution in [0.3, 0.4) is 0 Å². The molecule has 0 saturated heterocycles. The smallest absolute Gasteiger partial charge is 0.335 e. The van der Waals surface area contributed by atoms with Gasteiger partial charge >= 0.3 is 11.7 Å². The number of hydrogen-bond donors (Lipinski definition) is 2. The molecule has 0 aliphatic rings. The van der Waals surface area contributed by atoms with Gasteiger partial charge in [0.25, 0.3) is 5.56 Å². The van der Waals surface area contributed by atoms with Crippen molar-refractivity contribution in [3.8, 4) is 0 Å². The van der Waals surface area contributed by atoms with Crippen molar-refractivity contribution < 1.29 is 9.90 Å². The van der Waals surface area contributed by atoms with Crippen molar-refractivity contribution in [2.45, 2.75) is 6.54 Å². The predicted molar refractivity (Wildman–Crippen MR) is 91.4 cm³/mol. The monoisotopic (exact) mass is 364 g/mol. The number of halogens is 2. The van der Waals surface area contributed by atoms with Crippen molar-refractivity contribution in [1.82, 2.24) is 9.55 Å². The maximum absolute atomic E-state index is 12.5. The quantitative estimate of drug-likeness (QED) is 0.747. The SMILES string of the molecule is O=C(O)c1ccc2c(=O)n(Cc3ccc(Cl)c(Cl)c3)c(=O)[nH]c2c1. The number of carboxylic acids is 1. The summed E-state index contributed by atoms with van der Waals surface area (Å²) < 4.78 is 1.02. The van der Waals surface area contributed by atoms with Gasteiger partial charge in [0.15, 0.2) is 0 Å². The highest BCUT2D eigenvalue weighted by Crippen LogP contribution is 2.22. The molecule has 0 saturated carbocycles. The van der Waals surface area contributed by atoms with E-state index in [4.69, 9.17) is 28.3 Å². The van der Waals surface area contributed by atoms with Gasteiger partial charge in [0.2, 0.25) is 0 Å². The van der Waals surface area contributed by atoms with Gasteiger partial charge in [-0.05, 0) is 35.9 Å². The number of benzene rings is 2. The fraction of sp³-hybridized carbons (Fsp3) is 0.0625. The highest BCUT2D eigenvalue weighted by Gasteiger charge is 2.11. The van der Waals surface area contributed by atoms with Crippen LogP contribution in [0, 0.1) is 0 Å². The molecule has 3 aromatic rings. The first-order chi connectivity index (χ1) is 11.4. The Morgan fingerprint density at radius 1 is 1.08 bits per heavy atom. The van der Waals surface area contributed by atoms with E-state index in [9.17, 15) is 14.4 Å². The summed E-state index contributed by atoms with van der Waals surface area (Å²) in [6.45, 7) is 0.0156. The maximum Gasteiger partial charge on any atom is 0.335 e. The lowest BCUT2D eigenvalue weighted by atomic mass is 10.1. The molecule has 0 radical (unpaired) electrons. The first-order valence-electron chi connectivity index (χ1n) is 6.81.